The molecule has 2 heterocycles. The Labute approximate surface area is 112 Å². The second kappa shape index (κ2) is 4.90. The molecule has 2 fully saturated rings. The van der Waals surface area contributed by atoms with E-state index in [0.29, 0.717) is 12.1 Å². The van der Waals surface area contributed by atoms with Gasteiger partial charge < -0.3 is 5.11 Å². The highest BCUT2D eigenvalue weighted by Gasteiger charge is 2.39. The largest absolute Gasteiger partial charge is 0.393 e. The molecular weight excluding hydrogens is 244 g/mol. The van der Waals surface area contributed by atoms with Gasteiger partial charge >= 0.3 is 0 Å². The monoisotopic (exact) mass is 262 g/mol. The smallest absolute Gasteiger partial charge is 0.269 e. The fraction of sp³-hybridized carbons (Fsp3) is 0.571. The number of benzene rings is 1. The van der Waals surface area contributed by atoms with Crippen molar-refractivity contribution in [3.05, 3.63) is 39.9 Å². The Morgan fingerprint density at radius 1 is 1.21 bits per heavy atom. The number of nitro groups is 1. The van der Waals surface area contributed by atoms with Crippen LogP contribution in [0.2, 0.25) is 0 Å². The maximum Gasteiger partial charge on any atom is 0.269 e. The molecule has 0 aromatic heterocycles. The van der Waals surface area contributed by atoms with Crippen LogP contribution in [-0.2, 0) is 6.54 Å². The van der Waals surface area contributed by atoms with Gasteiger partial charge in [-0.15, -0.1) is 0 Å². The molecule has 0 amide bonds. The van der Waals surface area contributed by atoms with E-state index in [1.54, 1.807) is 12.1 Å². The molecule has 2 saturated heterocycles. The zero-order chi connectivity index (χ0) is 13.4. The lowest BCUT2D eigenvalue weighted by atomic mass is 9.99. The summed E-state index contributed by atoms with van der Waals surface area (Å²) in [7, 11) is 0. The Morgan fingerprint density at radius 3 is 2.32 bits per heavy atom. The first-order valence-electron chi connectivity index (χ1n) is 6.80. The van der Waals surface area contributed by atoms with Crippen LogP contribution in [0.1, 0.15) is 31.2 Å². The lowest BCUT2D eigenvalue weighted by molar-refractivity contribution is -0.384. The fourth-order valence-electron chi connectivity index (χ4n) is 3.44. The highest BCUT2D eigenvalue weighted by molar-refractivity contribution is 5.33. The van der Waals surface area contributed by atoms with Gasteiger partial charge in [0, 0.05) is 30.8 Å². The summed E-state index contributed by atoms with van der Waals surface area (Å²) in [5.74, 6) is 0. The van der Waals surface area contributed by atoms with Crippen LogP contribution in [0, 0.1) is 10.1 Å². The average Bonchev–Trinajstić information content (AvgIpc) is 2.62. The third-order valence-corrected chi connectivity index (χ3v) is 4.37. The molecule has 102 valence electrons. The van der Waals surface area contributed by atoms with Crippen molar-refractivity contribution < 1.29 is 10.0 Å². The molecule has 0 spiro atoms. The Morgan fingerprint density at radius 2 is 1.79 bits per heavy atom. The van der Waals surface area contributed by atoms with Crippen LogP contribution >= 0.6 is 0 Å². The summed E-state index contributed by atoms with van der Waals surface area (Å²) in [5, 5.41) is 20.4. The lowest BCUT2D eigenvalue weighted by Crippen LogP contribution is -2.44. The van der Waals surface area contributed by atoms with Crippen molar-refractivity contribution >= 4 is 5.69 Å². The number of non-ortho nitro benzene ring substituents is 1. The number of aliphatic hydroxyl groups excluding tert-OH is 1. The molecule has 1 aromatic carbocycles. The van der Waals surface area contributed by atoms with Crippen LogP contribution in [-0.4, -0.2) is 33.1 Å². The van der Waals surface area contributed by atoms with Gasteiger partial charge in [0.15, 0.2) is 0 Å². The normalized spacial score (nSPS) is 30.5. The summed E-state index contributed by atoms with van der Waals surface area (Å²) in [6.45, 7) is 0.833. The summed E-state index contributed by atoms with van der Waals surface area (Å²) >= 11 is 0. The summed E-state index contributed by atoms with van der Waals surface area (Å²) in [6.07, 6.45) is 3.90. The van der Waals surface area contributed by atoms with Gasteiger partial charge in [-0.05, 0) is 31.2 Å². The fourth-order valence-corrected chi connectivity index (χ4v) is 3.44. The van der Waals surface area contributed by atoms with Crippen molar-refractivity contribution in [3.63, 3.8) is 0 Å². The quantitative estimate of drug-likeness (QED) is 0.669. The number of hydrogen-bond acceptors (Lipinski definition) is 4. The first kappa shape index (κ1) is 12.6. The van der Waals surface area contributed by atoms with E-state index in [4.69, 9.17) is 0 Å². The summed E-state index contributed by atoms with van der Waals surface area (Å²) in [6, 6.07) is 7.75. The molecule has 0 aliphatic carbocycles. The highest BCUT2D eigenvalue weighted by atomic mass is 16.6. The first-order chi connectivity index (χ1) is 9.13. The van der Waals surface area contributed by atoms with Crippen molar-refractivity contribution in [2.45, 2.75) is 50.4 Å². The summed E-state index contributed by atoms with van der Waals surface area (Å²) in [4.78, 5) is 12.7. The first-order valence-corrected chi connectivity index (χ1v) is 6.80. The van der Waals surface area contributed by atoms with Crippen LogP contribution in [0.4, 0.5) is 5.69 Å². The zero-order valence-electron chi connectivity index (χ0n) is 10.7. The average molecular weight is 262 g/mol. The minimum atomic E-state index is -0.370. The predicted octanol–water partition coefficient (Wildman–Crippen LogP) is 2.08. The molecule has 1 N–H and O–H groups in total. The van der Waals surface area contributed by atoms with Gasteiger partial charge in [-0.1, -0.05) is 12.1 Å². The lowest BCUT2D eigenvalue weighted by Gasteiger charge is -2.37. The Hall–Kier alpha value is -1.46. The van der Waals surface area contributed by atoms with E-state index in [1.165, 1.54) is 0 Å². The summed E-state index contributed by atoms with van der Waals surface area (Å²) < 4.78 is 0. The second-order valence-corrected chi connectivity index (χ2v) is 5.61. The van der Waals surface area contributed by atoms with E-state index in [2.05, 4.69) is 4.90 Å². The van der Waals surface area contributed by atoms with Gasteiger partial charge in [-0.25, -0.2) is 0 Å². The van der Waals surface area contributed by atoms with Gasteiger partial charge in [0.25, 0.3) is 5.69 Å². The highest BCUT2D eigenvalue weighted by Crippen LogP contribution is 2.36. The molecule has 5 nitrogen and oxygen atoms in total. The van der Waals surface area contributed by atoms with E-state index in [9.17, 15) is 15.2 Å². The minimum absolute atomic E-state index is 0.140. The van der Waals surface area contributed by atoms with Gasteiger partial charge in [-0.3, -0.25) is 15.0 Å². The number of rotatable bonds is 3. The molecule has 2 unspecified atom stereocenters. The third kappa shape index (κ3) is 2.48. The molecule has 2 atom stereocenters. The molecular formula is C14H18N2O3. The topological polar surface area (TPSA) is 66.6 Å². The zero-order valence-corrected chi connectivity index (χ0v) is 10.7. The van der Waals surface area contributed by atoms with Gasteiger partial charge in [0.05, 0.1) is 11.0 Å². The number of fused-ring (bicyclic) bond motifs is 2. The van der Waals surface area contributed by atoms with Crippen LogP contribution in [0.15, 0.2) is 24.3 Å². The molecule has 2 aliphatic rings. The summed E-state index contributed by atoms with van der Waals surface area (Å²) in [5.41, 5.74) is 1.25. The van der Waals surface area contributed by atoms with Crippen molar-refractivity contribution in [1.82, 2.24) is 4.90 Å². The number of nitro benzene ring substituents is 1. The van der Waals surface area contributed by atoms with Gasteiger partial charge in [0.2, 0.25) is 0 Å². The van der Waals surface area contributed by atoms with Crippen LogP contribution in [0.5, 0.6) is 0 Å². The van der Waals surface area contributed by atoms with Crippen molar-refractivity contribution in [1.29, 1.82) is 0 Å². The Balaban J connectivity index is 1.70. The van der Waals surface area contributed by atoms with E-state index in [-0.39, 0.29) is 16.7 Å². The van der Waals surface area contributed by atoms with Crippen molar-refractivity contribution in [3.8, 4) is 0 Å². The molecule has 2 bridgehead atoms. The van der Waals surface area contributed by atoms with Gasteiger partial charge in [0.1, 0.15) is 0 Å². The number of piperidine rings is 1. The molecule has 19 heavy (non-hydrogen) atoms. The molecule has 3 rings (SSSR count). The second-order valence-electron chi connectivity index (χ2n) is 5.61. The number of hydrogen-bond donors (Lipinski definition) is 1. The van der Waals surface area contributed by atoms with Crippen molar-refractivity contribution in [2.24, 2.45) is 0 Å². The van der Waals surface area contributed by atoms with Crippen LogP contribution in [0.25, 0.3) is 0 Å². The van der Waals surface area contributed by atoms with Gasteiger partial charge in [-0.2, -0.15) is 0 Å². The van der Waals surface area contributed by atoms with E-state index < -0.39 is 0 Å². The van der Waals surface area contributed by atoms with E-state index in [0.717, 1.165) is 37.8 Å². The molecule has 0 radical (unpaired) electrons. The van der Waals surface area contributed by atoms with E-state index >= 15 is 0 Å². The number of aliphatic hydroxyl groups is 1. The molecule has 0 saturated carbocycles. The van der Waals surface area contributed by atoms with E-state index in [1.807, 2.05) is 12.1 Å². The Bertz CT molecular complexity index is 460. The van der Waals surface area contributed by atoms with Crippen LogP contribution in [0.3, 0.4) is 0 Å². The third-order valence-electron chi connectivity index (χ3n) is 4.37. The van der Waals surface area contributed by atoms with Crippen molar-refractivity contribution in [2.75, 3.05) is 0 Å². The maximum absolute atomic E-state index is 10.6. The number of nitrogens with zero attached hydrogens (tertiary/aromatic N) is 2. The maximum atomic E-state index is 10.6. The molecule has 2 aliphatic heterocycles. The van der Waals surface area contributed by atoms with Crippen LogP contribution < -0.4 is 0 Å². The molecule has 5 heteroatoms. The molecule has 1 aromatic rings. The SMILES string of the molecule is O=[N+]([O-])c1ccc(CN2C3CCC2CC(O)C3)cc1. The predicted molar refractivity (Wildman–Crippen MR) is 70.7 cm³/mol. The standard InChI is InChI=1S/C14H18N2O3/c17-14-7-12-5-6-13(8-14)15(12)9-10-1-3-11(4-2-10)16(18)19/h1-4,12-14,17H,5-9H2. The Kier molecular flexibility index (Phi) is 3.24. The minimum Gasteiger partial charge on any atom is -0.393 e.